The van der Waals surface area contributed by atoms with Crippen LogP contribution in [0.15, 0.2) is 4.52 Å². The monoisotopic (exact) mass is 280 g/mol. The van der Waals surface area contributed by atoms with Gasteiger partial charge in [0.1, 0.15) is 6.04 Å². The third kappa shape index (κ3) is 3.19. The molecule has 112 valence electrons. The summed E-state index contributed by atoms with van der Waals surface area (Å²) in [5.74, 6) is 1.44. The van der Waals surface area contributed by atoms with Crippen molar-refractivity contribution in [3.63, 3.8) is 0 Å². The van der Waals surface area contributed by atoms with E-state index in [4.69, 9.17) is 9.26 Å². The first kappa shape index (κ1) is 14.0. The van der Waals surface area contributed by atoms with E-state index >= 15 is 0 Å². The summed E-state index contributed by atoms with van der Waals surface area (Å²) in [6.07, 6.45) is 4.10. The molecule has 0 unspecified atom stereocenters. The molecule has 0 N–H and O–H groups in total. The average Bonchev–Trinajstić information content (AvgIpc) is 2.89. The first-order valence-electron chi connectivity index (χ1n) is 7.57. The van der Waals surface area contributed by atoms with Crippen molar-refractivity contribution in [2.75, 3.05) is 39.8 Å². The molecule has 20 heavy (non-hydrogen) atoms. The molecule has 0 radical (unpaired) electrons. The Morgan fingerprint density at radius 1 is 1.30 bits per heavy atom. The Bertz CT molecular complexity index is 431. The number of piperazine rings is 1. The van der Waals surface area contributed by atoms with E-state index in [0.29, 0.717) is 11.9 Å². The lowest BCUT2D eigenvalue weighted by molar-refractivity contribution is -0.0225. The van der Waals surface area contributed by atoms with Crippen molar-refractivity contribution in [2.45, 2.75) is 38.3 Å². The number of hydrogen-bond acceptors (Lipinski definition) is 6. The molecular formula is C14H24N4O2. The highest BCUT2D eigenvalue weighted by Crippen LogP contribution is 2.24. The molecule has 0 saturated carbocycles. The van der Waals surface area contributed by atoms with Crippen molar-refractivity contribution in [3.05, 3.63) is 11.7 Å². The van der Waals surface area contributed by atoms with Crippen molar-refractivity contribution >= 4 is 0 Å². The fourth-order valence-electron chi connectivity index (χ4n) is 3.05. The topological polar surface area (TPSA) is 54.6 Å². The number of hydrogen-bond donors (Lipinski definition) is 0. The number of nitrogens with zero attached hydrogens (tertiary/aromatic N) is 4. The minimum absolute atomic E-state index is 0.202. The molecule has 0 aliphatic carbocycles. The van der Waals surface area contributed by atoms with Crippen LogP contribution < -0.4 is 0 Å². The molecule has 6 heteroatoms. The third-order valence-electron chi connectivity index (χ3n) is 4.30. The van der Waals surface area contributed by atoms with Crippen LogP contribution in [0.1, 0.15) is 37.0 Å². The summed E-state index contributed by atoms with van der Waals surface area (Å²) in [7, 11) is 2.12. The van der Waals surface area contributed by atoms with Gasteiger partial charge in [0.05, 0.1) is 6.10 Å². The van der Waals surface area contributed by atoms with E-state index < -0.39 is 0 Å². The predicted octanol–water partition coefficient (Wildman–Crippen LogP) is 1.24. The van der Waals surface area contributed by atoms with Gasteiger partial charge in [0.2, 0.25) is 5.89 Å². The molecule has 0 amide bonds. The molecule has 2 aliphatic rings. The van der Waals surface area contributed by atoms with Crippen LogP contribution in [0.25, 0.3) is 0 Å². The molecule has 1 aromatic heterocycles. The summed E-state index contributed by atoms with van der Waals surface area (Å²) in [6, 6.07) is 0.202. The van der Waals surface area contributed by atoms with Crippen LogP contribution in [-0.2, 0) is 4.74 Å². The summed E-state index contributed by atoms with van der Waals surface area (Å²) in [5, 5.41) is 3.91. The average molecular weight is 280 g/mol. The Kier molecular flexibility index (Phi) is 4.33. The second-order valence-electron chi connectivity index (χ2n) is 5.92. The Hall–Kier alpha value is -0.980. The fourth-order valence-corrected chi connectivity index (χ4v) is 3.05. The minimum atomic E-state index is 0.202. The van der Waals surface area contributed by atoms with E-state index in [-0.39, 0.29) is 6.04 Å². The highest BCUT2D eigenvalue weighted by molar-refractivity contribution is 4.96. The largest absolute Gasteiger partial charge is 0.377 e. The molecule has 0 aromatic carbocycles. The van der Waals surface area contributed by atoms with Gasteiger partial charge in [0, 0.05) is 32.8 Å². The first-order valence-corrected chi connectivity index (χ1v) is 7.57. The molecule has 2 aliphatic heterocycles. The van der Waals surface area contributed by atoms with Gasteiger partial charge in [0.25, 0.3) is 0 Å². The Morgan fingerprint density at radius 2 is 2.20 bits per heavy atom. The number of aryl methyl sites for hydroxylation is 1. The van der Waals surface area contributed by atoms with E-state index in [2.05, 4.69) is 27.0 Å². The molecular weight excluding hydrogens is 256 g/mol. The zero-order valence-electron chi connectivity index (χ0n) is 12.4. The maximum atomic E-state index is 5.85. The van der Waals surface area contributed by atoms with Crippen LogP contribution in [0.4, 0.5) is 0 Å². The number of aromatic nitrogens is 2. The van der Waals surface area contributed by atoms with E-state index in [9.17, 15) is 0 Å². The zero-order chi connectivity index (χ0) is 13.9. The van der Waals surface area contributed by atoms with Crippen LogP contribution in [0, 0.1) is 6.92 Å². The maximum Gasteiger partial charge on any atom is 0.245 e. The standard InChI is InChI=1S/C14H24N4O2/c1-11-15-14(20-16-11)13-10-18(7-6-17(13)2)9-12-5-3-4-8-19-12/h12-13H,3-10H2,1-2H3/t12-,13-/m1/s1. The number of ether oxygens (including phenoxy) is 1. The molecule has 6 nitrogen and oxygen atoms in total. The zero-order valence-corrected chi connectivity index (χ0v) is 12.4. The van der Waals surface area contributed by atoms with E-state index in [1.165, 1.54) is 19.3 Å². The van der Waals surface area contributed by atoms with Gasteiger partial charge in [0.15, 0.2) is 5.82 Å². The lowest BCUT2D eigenvalue weighted by Gasteiger charge is -2.39. The van der Waals surface area contributed by atoms with Crippen molar-refractivity contribution in [3.8, 4) is 0 Å². The minimum Gasteiger partial charge on any atom is -0.377 e. The molecule has 1 aromatic rings. The Labute approximate surface area is 120 Å². The van der Waals surface area contributed by atoms with Gasteiger partial charge in [-0.25, -0.2) is 0 Å². The van der Waals surface area contributed by atoms with Crippen molar-refractivity contribution in [2.24, 2.45) is 0 Å². The summed E-state index contributed by atoms with van der Waals surface area (Å²) in [4.78, 5) is 9.16. The van der Waals surface area contributed by atoms with E-state index in [1.807, 2.05) is 6.92 Å². The van der Waals surface area contributed by atoms with Gasteiger partial charge < -0.3 is 9.26 Å². The van der Waals surface area contributed by atoms with Crippen LogP contribution >= 0.6 is 0 Å². The summed E-state index contributed by atoms with van der Waals surface area (Å²) in [6.45, 7) is 6.86. The van der Waals surface area contributed by atoms with Crippen LogP contribution in [-0.4, -0.2) is 65.9 Å². The van der Waals surface area contributed by atoms with Gasteiger partial charge in [-0.2, -0.15) is 4.98 Å². The summed E-state index contributed by atoms with van der Waals surface area (Å²) in [5.41, 5.74) is 0. The molecule has 0 bridgehead atoms. The van der Waals surface area contributed by atoms with Crippen LogP contribution in [0.2, 0.25) is 0 Å². The Balaban J connectivity index is 1.60. The second-order valence-corrected chi connectivity index (χ2v) is 5.92. The third-order valence-corrected chi connectivity index (χ3v) is 4.30. The normalized spacial score (nSPS) is 29.7. The second kappa shape index (κ2) is 6.20. The highest BCUT2D eigenvalue weighted by atomic mass is 16.5. The fraction of sp³-hybridized carbons (Fsp3) is 0.857. The van der Waals surface area contributed by atoms with E-state index in [0.717, 1.165) is 38.7 Å². The molecule has 2 atom stereocenters. The predicted molar refractivity (Wildman–Crippen MR) is 74.4 cm³/mol. The molecule has 0 spiro atoms. The molecule has 2 fully saturated rings. The van der Waals surface area contributed by atoms with Gasteiger partial charge in [-0.05, 0) is 33.2 Å². The maximum absolute atomic E-state index is 5.85. The van der Waals surface area contributed by atoms with Crippen molar-refractivity contribution in [1.29, 1.82) is 0 Å². The quantitative estimate of drug-likeness (QED) is 0.830. The highest BCUT2D eigenvalue weighted by Gasteiger charge is 2.31. The Morgan fingerprint density at radius 3 is 2.90 bits per heavy atom. The first-order chi connectivity index (χ1) is 9.72. The van der Waals surface area contributed by atoms with Crippen LogP contribution in [0.3, 0.4) is 0 Å². The SMILES string of the molecule is Cc1noc([C@H]2CN(C[C@H]3CCCCO3)CCN2C)n1. The van der Waals surface area contributed by atoms with Gasteiger partial charge in [-0.1, -0.05) is 5.16 Å². The van der Waals surface area contributed by atoms with Crippen LogP contribution in [0.5, 0.6) is 0 Å². The molecule has 3 rings (SSSR count). The molecule has 3 heterocycles. The smallest absolute Gasteiger partial charge is 0.245 e. The van der Waals surface area contributed by atoms with Gasteiger partial charge >= 0.3 is 0 Å². The number of likely N-dealkylation sites (N-methyl/N-ethyl adjacent to an activating group) is 1. The molecule has 2 saturated heterocycles. The lowest BCUT2D eigenvalue weighted by Crippen LogP contribution is -2.49. The van der Waals surface area contributed by atoms with Gasteiger partial charge in [-0.3, -0.25) is 9.80 Å². The van der Waals surface area contributed by atoms with Crippen molar-refractivity contribution in [1.82, 2.24) is 19.9 Å². The lowest BCUT2D eigenvalue weighted by atomic mass is 10.1. The van der Waals surface area contributed by atoms with E-state index in [1.54, 1.807) is 0 Å². The van der Waals surface area contributed by atoms with Gasteiger partial charge in [-0.15, -0.1) is 0 Å². The summed E-state index contributed by atoms with van der Waals surface area (Å²) < 4.78 is 11.2. The van der Waals surface area contributed by atoms with Crippen molar-refractivity contribution < 1.29 is 9.26 Å². The number of rotatable bonds is 3. The summed E-state index contributed by atoms with van der Waals surface area (Å²) >= 11 is 0.